The van der Waals surface area contributed by atoms with Gasteiger partial charge in [-0.15, -0.1) is 0 Å². The van der Waals surface area contributed by atoms with E-state index < -0.39 is 5.97 Å². The van der Waals surface area contributed by atoms with Gasteiger partial charge in [0.2, 0.25) is 0 Å². The van der Waals surface area contributed by atoms with E-state index >= 15 is 0 Å². The predicted octanol–water partition coefficient (Wildman–Crippen LogP) is 1.34. The SMILES string of the molecule is Cc1cc(N2CCCC2)n2nc(C(=O)O)cc2n1. The predicted molar refractivity (Wildman–Crippen MR) is 66.1 cm³/mol. The van der Waals surface area contributed by atoms with Crippen molar-refractivity contribution in [2.24, 2.45) is 0 Å². The monoisotopic (exact) mass is 246 g/mol. The molecule has 1 N–H and O–H groups in total. The second kappa shape index (κ2) is 3.97. The molecular weight excluding hydrogens is 232 g/mol. The molecule has 0 amide bonds. The Bertz CT molecular complexity index is 614. The summed E-state index contributed by atoms with van der Waals surface area (Å²) in [5.74, 6) is -0.0898. The number of fused-ring (bicyclic) bond motifs is 1. The Labute approximate surface area is 104 Å². The molecule has 94 valence electrons. The number of nitrogens with zero attached hydrogens (tertiary/aromatic N) is 4. The highest BCUT2D eigenvalue weighted by Crippen LogP contribution is 2.22. The quantitative estimate of drug-likeness (QED) is 0.865. The Morgan fingerprint density at radius 1 is 1.33 bits per heavy atom. The molecule has 1 aliphatic heterocycles. The fourth-order valence-electron chi connectivity index (χ4n) is 2.36. The Hall–Kier alpha value is -2.11. The molecule has 1 aliphatic rings. The van der Waals surface area contributed by atoms with E-state index in [1.54, 1.807) is 4.52 Å². The van der Waals surface area contributed by atoms with Crippen molar-refractivity contribution in [3.8, 4) is 0 Å². The average molecular weight is 246 g/mol. The Balaban J connectivity index is 2.19. The highest BCUT2D eigenvalue weighted by atomic mass is 16.4. The van der Waals surface area contributed by atoms with Crippen LogP contribution in [0.3, 0.4) is 0 Å². The summed E-state index contributed by atoms with van der Waals surface area (Å²) in [6.45, 7) is 3.88. The molecule has 1 saturated heterocycles. The van der Waals surface area contributed by atoms with E-state index in [4.69, 9.17) is 5.11 Å². The molecule has 1 fully saturated rings. The van der Waals surface area contributed by atoms with Gasteiger partial charge < -0.3 is 10.0 Å². The van der Waals surface area contributed by atoms with E-state index in [1.165, 1.54) is 6.07 Å². The first kappa shape index (κ1) is 11.0. The molecule has 18 heavy (non-hydrogen) atoms. The number of aromatic carboxylic acids is 1. The van der Waals surface area contributed by atoms with Crippen molar-refractivity contribution in [3.05, 3.63) is 23.5 Å². The summed E-state index contributed by atoms with van der Waals surface area (Å²) >= 11 is 0. The zero-order valence-corrected chi connectivity index (χ0v) is 10.1. The van der Waals surface area contributed by atoms with Crippen LogP contribution in [0.15, 0.2) is 12.1 Å². The van der Waals surface area contributed by atoms with E-state index in [1.807, 2.05) is 13.0 Å². The van der Waals surface area contributed by atoms with Gasteiger partial charge in [0.15, 0.2) is 11.3 Å². The lowest BCUT2D eigenvalue weighted by atomic mass is 10.4. The van der Waals surface area contributed by atoms with E-state index in [-0.39, 0.29) is 5.69 Å². The lowest BCUT2D eigenvalue weighted by Crippen LogP contribution is -2.21. The zero-order valence-electron chi connectivity index (χ0n) is 10.1. The van der Waals surface area contributed by atoms with Gasteiger partial charge in [-0.25, -0.2) is 9.78 Å². The molecule has 0 spiro atoms. The highest BCUT2D eigenvalue weighted by molar-refractivity contribution is 5.86. The number of carbonyl (C=O) groups is 1. The van der Waals surface area contributed by atoms with Crippen LogP contribution in [-0.2, 0) is 0 Å². The number of carboxylic acid groups (broad SMARTS) is 1. The second-order valence-electron chi connectivity index (χ2n) is 4.55. The van der Waals surface area contributed by atoms with Gasteiger partial charge in [0.05, 0.1) is 0 Å². The number of rotatable bonds is 2. The molecule has 3 heterocycles. The second-order valence-corrected chi connectivity index (χ2v) is 4.55. The smallest absolute Gasteiger partial charge is 0.356 e. The van der Waals surface area contributed by atoms with E-state index in [0.717, 1.165) is 37.4 Å². The molecular formula is C12H14N4O2. The standard InChI is InChI=1S/C12H14N4O2/c1-8-6-11(15-4-2-3-5-15)16-10(13-8)7-9(14-16)12(17)18/h6-7H,2-5H2,1H3,(H,17,18). The number of aromatic nitrogens is 3. The lowest BCUT2D eigenvalue weighted by molar-refractivity contribution is 0.0690. The molecule has 0 bridgehead atoms. The number of anilines is 1. The summed E-state index contributed by atoms with van der Waals surface area (Å²) in [4.78, 5) is 17.5. The summed E-state index contributed by atoms with van der Waals surface area (Å²) < 4.78 is 1.63. The topological polar surface area (TPSA) is 70.7 Å². The van der Waals surface area contributed by atoms with Crippen LogP contribution in [0, 0.1) is 6.92 Å². The highest BCUT2D eigenvalue weighted by Gasteiger charge is 2.19. The first-order chi connectivity index (χ1) is 8.65. The third-order valence-corrected chi connectivity index (χ3v) is 3.19. The molecule has 6 heteroatoms. The number of hydrogen-bond donors (Lipinski definition) is 1. The van der Waals surface area contributed by atoms with Gasteiger partial charge in [0.25, 0.3) is 0 Å². The Morgan fingerprint density at radius 2 is 2.06 bits per heavy atom. The van der Waals surface area contributed by atoms with Crippen LogP contribution in [-0.4, -0.2) is 38.8 Å². The Kier molecular flexibility index (Phi) is 2.43. The van der Waals surface area contributed by atoms with Gasteiger partial charge >= 0.3 is 5.97 Å². The van der Waals surface area contributed by atoms with E-state index in [2.05, 4.69) is 15.0 Å². The first-order valence-corrected chi connectivity index (χ1v) is 6.01. The molecule has 2 aromatic heterocycles. The van der Waals surface area contributed by atoms with Crippen LogP contribution in [0.1, 0.15) is 29.0 Å². The largest absolute Gasteiger partial charge is 0.476 e. The van der Waals surface area contributed by atoms with Crippen LogP contribution in [0.5, 0.6) is 0 Å². The molecule has 0 aliphatic carbocycles. The van der Waals surface area contributed by atoms with Crippen LogP contribution >= 0.6 is 0 Å². The molecule has 0 unspecified atom stereocenters. The minimum Gasteiger partial charge on any atom is -0.476 e. The maximum absolute atomic E-state index is 11.0. The molecule has 2 aromatic rings. The summed E-state index contributed by atoms with van der Waals surface area (Å²) in [6, 6.07) is 3.46. The van der Waals surface area contributed by atoms with Gasteiger partial charge in [-0.2, -0.15) is 9.61 Å². The van der Waals surface area contributed by atoms with Crippen molar-refractivity contribution in [1.29, 1.82) is 0 Å². The summed E-state index contributed by atoms with van der Waals surface area (Å²) in [6.07, 6.45) is 2.33. The van der Waals surface area contributed by atoms with Crippen LogP contribution in [0.2, 0.25) is 0 Å². The van der Waals surface area contributed by atoms with Crippen LogP contribution in [0.25, 0.3) is 5.65 Å². The van der Waals surface area contributed by atoms with Gasteiger partial charge in [0.1, 0.15) is 5.82 Å². The molecule has 0 radical (unpaired) electrons. The summed E-state index contributed by atoms with van der Waals surface area (Å²) in [5, 5.41) is 13.1. The normalized spacial score (nSPS) is 15.5. The summed E-state index contributed by atoms with van der Waals surface area (Å²) in [5.41, 5.74) is 1.50. The number of carboxylic acids is 1. The molecule has 0 aromatic carbocycles. The fourth-order valence-corrected chi connectivity index (χ4v) is 2.36. The van der Waals surface area contributed by atoms with Gasteiger partial charge in [0, 0.05) is 30.9 Å². The van der Waals surface area contributed by atoms with Crippen LogP contribution in [0.4, 0.5) is 5.82 Å². The van der Waals surface area contributed by atoms with Crippen molar-refractivity contribution in [1.82, 2.24) is 14.6 Å². The number of hydrogen-bond acceptors (Lipinski definition) is 4. The van der Waals surface area contributed by atoms with E-state index in [0.29, 0.717) is 5.65 Å². The molecule has 0 atom stereocenters. The minimum absolute atomic E-state index is 0.0357. The minimum atomic E-state index is -1.02. The number of aryl methyl sites for hydroxylation is 1. The maximum Gasteiger partial charge on any atom is 0.356 e. The van der Waals surface area contributed by atoms with Crippen molar-refractivity contribution in [2.75, 3.05) is 18.0 Å². The van der Waals surface area contributed by atoms with Gasteiger partial charge in [-0.3, -0.25) is 0 Å². The van der Waals surface area contributed by atoms with Crippen molar-refractivity contribution in [2.45, 2.75) is 19.8 Å². The third-order valence-electron chi connectivity index (χ3n) is 3.19. The van der Waals surface area contributed by atoms with Crippen molar-refractivity contribution in [3.63, 3.8) is 0 Å². The molecule has 0 saturated carbocycles. The lowest BCUT2D eigenvalue weighted by Gasteiger charge is -2.18. The van der Waals surface area contributed by atoms with E-state index in [9.17, 15) is 4.79 Å². The van der Waals surface area contributed by atoms with Gasteiger partial charge in [-0.05, 0) is 19.8 Å². The van der Waals surface area contributed by atoms with Crippen LogP contribution < -0.4 is 4.90 Å². The molecule has 6 nitrogen and oxygen atoms in total. The first-order valence-electron chi connectivity index (χ1n) is 6.01. The Morgan fingerprint density at radius 3 is 2.72 bits per heavy atom. The summed E-state index contributed by atoms with van der Waals surface area (Å²) in [7, 11) is 0. The van der Waals surface area contributed by atoms with Gasteiger partial charge in [-0.1, -0.05) is 0 Å². The zero-order chi connectivity index (χ0) is 12.7. The van der Waals surface area contributed by atoms with Crippen molar-refractivity contribution >= 4 is 17.4 Å². The van der Waals surface area contributed by atoms with Crippen molar-refractivity contribution < 1.29 is 9.90 Å². The maximum atomic E-state index is 11.0. The third kappa shape index (κ3) is 1.70. The fraction of sp³-hybridized carbons (Fsp3) is 0.417. The molecule has 3 rings (SSSR count). The average Bonchev–Trinajstić information content (AvgIpc) is 2.96.